The quantitative estimate of drug-likeness (QED) is 0.591. The Morgan fingerprint density at radius 3 is 2.56 bits per heavy atom. The van der Waals surface area contributed by atoms with E-state index in [-0.39, 0.29) is 0 Å². The van der Waals surface area contributed by atoms with E-state index < -0.39 is 0 Å². The molecule has 2 nitrogen and oxygen atoms in total. The first-order chi connectivity index (χ1) is 4.22. The van der Waals surface area contributed by atoms with Crippen molar-refractivity contribution in [2.24, 2.45) is 17.4 Å². The van der Waals surface area contributed by atoms with Crippen molar-refractivity contribution in [3.05, 3.63) is 11.8 Å². The first-order valence-electron chi connectivity index (χ1n) is 3.38. The van der Waals surface area contributed by atoms with Crippen molar-refractivity contribution in [1.29, 1.82) is 0 Å². The van der Waals surface area contributed by atoms with Gasteiger partial charge in [0.2, 0.25) is 0 Å². The zero-order chi connectivity index (χ0) is 7.28. The summed E-state index contributed by atoms with van der Waals surface area (Å²) in [4.78, 5) is 0. The highest BCUT2D eigenvalue weighted by molar-refractivity contribution is 5.00. The standard InChI is InChI=1S/C7H16N2/c1-3-4-7(9)6(2)5-8/h4,6H,3,5,8-9H2,1-2H3/b7-4+. The molecule has 0 saturated carbocycles. The lowest BCUT2D eigenvalue weighted by Crippen LogP contribution is -2.17. The Hall–Kier alpha value is -0.500. The molecule has 0 aromatic rings. The van der Waals surface area contributed by atoms with E-state index in [4.69, 9.17) is 11.5 Å². The molecule has 54 valence electrons. The van der Waals surface area contributed by atoms with Crippen LogP contribution < -0.4 is 11.5 Å². The second-order valence-corrected chi connectivity index (χ2v) is 2.25. The van der Waals surface area contributed by atoms with E-state index in [0.717, 1.165) is 12.1 Å². The molecule has 0 bridgehead atoms. The van der Waals surface area contributed by atoms with Gasteiger partial charge in [-0.15, -0.1) is 0 Å². The van der Waals surface area contributed by atoms with Gasteiger partial charge >= 0.3 is 0 Å². The Labute approximate surface area is 56.9 Å². The number of nitrogens with two attached hydrogens (primary N) is 2. The molecule has 0 rings (SSSR count). The van der Waals surface area contributed by atoms with Gasteiger partial charge in [0.05, 0.1) is 0 Å². The minimum absolute atomic E-state index is 0.338. The van der Waals surface area contributed by atoms with Crippen molar-refractivity contribution in [1.82, 2.24) is 0 Å². The molecule has 1 unspecified atom stereocenters. The largest absolute Gasteiger partial charge is 0.402 e. The summed E-state index contributed by atoms with van der Waals surface area (Å²) in [6.07, 6.45) is 3.01. The average Bonchev–Trinajstić information content (AvgIpc) is 1.87. The molecule has 0 aliphatic carbocycles. The van der Waals surface area contributed by atoms with Crippen LogP contribution in [0.1, 0.15) is 20.3 Å². The van der Waals surface area contributed by atoms with Crippen LogP contribution in [0.3, 0.4) is 0 Å². The Balaban J connectivity index is 3.70. The summed E-state index contributed by atoms with van der Waals surface area (Å²) >= 11 is 0. The van der Waals surface area contributed by atoms with E-state index >= 15 is 0 Å². The van der Waals surface area contributed by atoms with Crippen molar-refractivity contribution >= 4 is 0 Å². The molecule has 0 aromatic heterocycles. The third-order valence-electron chi connectivity index (χ3n) is 1.36. The molecule has 9 heavy (non-hydrogen) atoms. The van der Waals surface area contributed by atoms with Gasteiger partial charge in [0.25, 0.3) is 0 Å². The maximum Gasteiger partial charge on any atom is 0.00813 e. The van der Waals surface area contributed by atoms with Crippen molar-refractivity contribution in [3.8, 4) is 0 Å². The molecular weight excluding hydrogens is 112 g/mol. The highest BCUT2D eigenvalue weighted by Gasteiger charge is 1.99. The van der Waals surface area contributed by atoms with Gasteiger partial charge in [0.15, 0.2) is 0 Å². The Morgan fingerprint density at radius 2 is 2.22 bits per heavy atom. The van der Waals surface area contributed by atoms with Gasteiger partial charge in [-0.25, -0.2) is 0 Å². The SMILES string of the molecule is CC/C=C(/N)C(C)CN. The monoisotopic (exact) mass is 128 g/mol. The predicted molar refractivity (Wildman–Crippen MR) is 40.8 cm³/mol. The fraction of sp³-hybridized carbons (Fsp3) is 0.714. The molecule has 0 spiro atoms. The highest BCUT2D eigenvalue weighted by atomic mass is 14.6. The fourth-order valence-electron chi connectivity index (χ4n) is 0.573. The number of hydrogen-bond donors (Lipinski definition) is 2. The molecule has 1 atom stereocenters. The van der Waals surface area contributed by atoms with Crippen LogP contribution in [0.2, 0.25) is 0 Å². The number of hydrogen-bond acceptors (Lipinski definition) is 2. The Kier molecular flexibility index (Phi) is 4.14. The molecular formula is C7H16N2. The molecule has 4 N–H and O–H groups in total. The van der Waals surface area contributed by atoms with E-state index in [9.17, 15) is 0 Å². The summed E-state index contributed by atoms with van der Waals surface area (Å²) in [7, 11) is 0. The smallest absolute Gasteiger partial charge is 0.00813 e. The average molecular weight is 128 g/mol. The molecule has 0 aliphatic rings. The van der Waals surface area contributed by atoms with Crippen LogP contribution in [0, 0.1) is 5.92 Å². The van der Waals surface area contributed by atoms with Crippen molar-refractivity contribution < 1.29 is 0 Å². The van der Waals surface area contributed by atoms with Gasteiger partial charge < -0.3 is 11.5 Å². The fourth-order valence-corrected chi connectivity index (χ4v) is 0.573. The van der Waals surface area contributed by atoms with Crippen LogP contribution in [0.15, 0.2) is 11.8 Å². The lowest BCUT2D eigenvalue weighted by Gasteiger charge is -2.07. The maximum atomic E-state index is 5.62. The van der Waals surface area contributed by atoms with Crippen LogP contribution in [-0.4, -0.2) is 6.54 Å². The topological polar surface area (TPSA) is 52.0 Å². The summed E-state index contributed by atoms with van der Waals surface area (Å²) in [5.41, 5.74) is 11.9. The molecule has 0 saturated heterocycles. The third-order valence-corrected chi connectivity index (χ3v) is 1.36. The second kappa shape index (κ2) is 4.39. The lowest BCUT2D eigenvalue weighted by molar-refractivity contribution is 0.681. The first-order valence-corrected chi connectivity index (χ1v) is 3.38. The second-order valence-electron chi connectivity index (χ2n) is 2.25. The summed E-state index contributed by atoms with van der Waals surface area (Å²) in [5, 5.41) is 0. The van der Waals surface area contributed by atoms with Gasteiger partial charge in [0, 0.05) is 18.2 Å². The molecule has 0 radical (unpaired) electrons. The van der Waals surface area contributed by atoms with Gasteiger partial charge in [-0.05, 0) is 6.42 Å². The third kappa shape index (κ3) is 3.14. The van der Waals surface area contributed by atoms with E-state index in [2.05, 4.69) is 6.92 Å². The van der Waals surface area contributed by atoms with Gasteiger partial charge in [-0.1, -0.05) is 19.9 Å². The molecule has 2 heteroatoms. The van der Waals surface area contributed by atoms with E-state index in [1.807, 2.05) is 13.0 Å². The molecule has 0 aromatic carbocycles. The zero-order valence-electron chi connectivity index (χ0n) is 6.22. The Morgan fingerprint density at radius 1 is 1.67 bits per heavy atom. The molecule has 0 fully saturated rings. The van der Waals surface area contributed by atoms with Crippen LogP contribution in [0.25, 0.3) is 0 Å². The molecule has 0 amide bonds. The minimum atomic E-state index is 0.338. The summed E-state index contributed by atoms with van der Waals surface area (Å²) in [6, 6.07) is 0. The normalized spacial score (nSPS) is 15.7. The van der Waals surface area contributed by atoms with E-state index in [1.54, 1.807) is 0 Å². The summed E-state index contributed by atoms with van der Waals surface area (Å²) in [5.74, 6) is 0.338. The van der Waals surface area contributed by atoms with Crippen molar-refractivity contribution in [2.75, 3.05) is 6.54 Å². The van der Waals surface area contributed by atoms with Crippen LogP contribution in [0.5, 0.6) is 0 Å². The van der Waals surface area contributed by atoms with E-state index in [1.165, 1.54) is 0 Å². The highest BCUT2D eigenvalue weighted by Crippen LogP contribution is 2.01. The van der Waals surface area contributed by atoms with Crippen molar-refractivity contribution in [3.63, 3.8) is 0 Å². The molecule has 0 aliphatic heterocycles. The maximum absolute atomic E-state index is 5.62. The van der Waals surface area contributed by atoms with Crippen LogP contribution in [0.4, 0.5) is 0 Å². The minimum Gasteiger partial charge on any atom is -0.402 e. The predicted octanol–water partition coefficient (Wildman–Crippen LogP) is 0.834. The van der Waals surface area contributed by atoms with E-state index in [0.29, 0.717) is 12.5 Å². The summed E-state index contributed by atoms with van der Waals surface area (Å²) < 4.78 is 0. The van der Waals surface area contributed by atoms with Crippen LogP contribution >= 0.6 is 0 Å². The first kappa shape index (κ1) is 8.50. The van der Waals surface area contributed by atoms with Gasteiger partial charge in [-0.3, -0.25) is 0 Å². The lowest BCUT2D eigenvalue weighted by atomic mass is 10.1. The van der Waals surface area contributed by atoms with Gasteiger partial charge in [-0.2, -0.15) is 0 Å². The summed E-state index contributed by atoms with van der Waals surface area (Å²) in [6.45, 7) is 4.74. The van der Waals surface area contributed by atoms with Crippen LogP contribution in [-0.2, 0) is 0 Å². The van der Waals surface area contributed by atoms with Crippen molar-refractivity contribution in [2.45, 2.75) is 20.3 Å². The zero-order valence-corrected chi connectivity index (χ0v) is 6.22. The number of rotatable bonds is 3. The van der Waals surface area contributed by atoms with Gasteiger partial charge in [0.1, 0.15) is 0 Å². The Bertz CT molecular complexity index is 97.1. The number of allylic oxidation sites excluding steroid dienone is 1. The molecule has 0 heterocycles.